The van der Waals surface area contributed by atoms with Crippen molar-refractivity contribution in [1.29, 1.82) is 0 Å². The highest BCUT2D eigenvalue weighted by molar-refractivity contribution is 7.97. The van der Waals surface area contributed by atoms with Crippen LogP contribution < -0.4 is 9.88 Å². The molecule has 0 saturated carbocycles. The van der Waals surface area contributed by atoms with Crippen molar-refractivity contribution in [2.45, 2.75) is 78.2 Å². The number of ether oxygens (including phenoxy) is 2. The molecule has 2 aromatic rings. The van der Waals surface area contributed by atoms with Gasteiger partial charge in [0, 0.05) is 11.3 Å². The van der Waals surface area contributed by atoms with Gasteiger partial charge in [-0.2, -0.15) is 0 Å². The van der Waals surface area contributed by atoms with Gasteiger partial charge in [0.15, 0.2) is 0 Å². The van der Waals surface area contributed by atoms with Gasteiger partial charge in [0.2, 0.25) is 0 Å². The van der Waals surface area contributed by atoms with Crippen LogP contribution in [0.2, 0.25) is 0 Å². The van der Waals surface area contributed by atoms with Crippen LogP contribution in [0, 0.1) is 28.5 Å². The highest BCUT2D eigenvalue weighted by Gasteiger charge is 2.37. The first kappa shape index (κ1) is 27.8. The Hall–Kier alpha value is -2.49. The molecule has 0 heterocycles. The fourth-order valence-corrected chi connectivity index (χ4v) is 4.01. The molecule has 0 atom stereocenters. The standard InChI is InChI=1S/C28H36FNO3S/c1-26(2,3)33-25(31)28(6,7)19-27(4,5)17-9-8-10-20-18-22(13-16-24(20)29)32-21-11-14-23(34-30)15-12-21/h11-16,18H,9,17,19,30H2,1-7H3. The lowest BCUT2D eigenvalue weighted by Gasteiger charge is -2.35. The van der Waals surface area contributed by atoms with Gasteiger partial charge in [0.05, 0.1) is 11.0 Å². The van der Waals surface area contributed by atoms with Crippen molar-refractivity contribution < 1.29 is 18.7 Å². The summed E-state index contributed by atoms with van der Waals surface area (Å²) in [7, 11) is 0. The van der Waals surface area contributed by atoms with E-state index in [-0.39, 0.29) is 17.2 Å². The summed E-state index contributed by atoms with van der Waals surface area (Å²) in [4.78, 5) is 13.5. The van der Waals surface area contributed by atoms with Crippen molar-refractivity contribution in [3.63, 3.8) is 0 Å². The molecule has 34 heavy (non-hydrogen) atoms. The SMILES string of the molecule is CC(C)(CCC#Cc1cc(Oc2ccc(SN)cc2)ccc1F)CC(C)(C)C(=O)OC(C)(C)C. The van der Waals surface area contributed by atoms with Gasteiger partial charge in [-0.1, -0.05) is 25.7 Å². The lowest BCUT2D eigenvalue weighted by Crippen LogP contribution is -2.36. The molecular weight excluding hydrogens is 449 g/mol. The van der Waals surface area contributed by atoms with Gasteiger partial charge in [-0.05, 0) is 107 Å². The van der Waals surface area contributed by atoms with E-state index in [0.717, 1.165) is 23.3 Å². The summed E-state index contributed by atoms with van der Waals surface area (Å²) in [5.41, 5.74) is -0.965. The molecule has 0 aliphatic carbocycles. The molecule has 0 aliphatic heterocycles. The molecule has 0 unspecified atom stereocenters. The highest BCUT2D eigenvalue weighted by atomic mass is 32.2. The molecule has 2 aromatic carbocycles. The fourth-order valence-electron chi connectivity index (χ4n) is 3.72. The summed E-state index contributed by atoms with van der Waals surface area (Å²) in [6.07, 6.45) is 2.02. The second-order valence-corrected chi connectivity index (χ2v) is 11.6. The third-order valence-corrected chi connectivity index (χ3v) is 5.70. The quantitative estimate of drug-likeness (QED) is 0.238. The van der Waals surface area contributed by atoms with Gasteiger partial charge >= 0.3 is 5.97 Å². The number of carbonyl (C=O) groups is 1. The van der Waals surface area contributed by atoms with Gasteiger partial charge < -0.3 is 9.47 Å². The molecule has 0 amide bonds. The van der Waals surface area contributed by atoms with Gasteiger partial charge in [-0.25, -0.2) is 4.39 Å². The predicted octanol–water partition coefficient (Wildman–Crippen LogP) is 7.50. The van der Waals surface area contributed by atoms with E-state index in [2.05, 4.69) is 25.7 Å². The summed E-state index contributed by atoms with van der Waals surface area (Å²) in [6, 6.07) is 11.9. The molecule has 0 fully saturated rings. The zero-order valence-electron chi connectivity index (χ0n) is 21.3. The van der Waals surface area contributed by atoms with Crippen molar-refractivity contribution in [1.82, 2.24) is 0 Å². The molecule has 6 heteroatoms. The summed E-state index contributed by atoms with van der Waals surface area (Å²) in [5.74, 6) is 6.57. The number of hydrogen-bond donors (Lipinski definition) is 1. The molecule has 0 aliphatic rings. The largest absolute Gasteiger partial charge is 0.460 e. The van der Waals surface area contributed by atoms with Crippen molar-refractivity contribution in [3.8, 4) is 23.3 Å². The van der Waals surface area contributed by atoms with Crippen molar-refractivity contribution in [3.05, 3.63) is 53.8 Å². The smallest absolute Gasteiger partial charge is 0.312 e. The van der Waals surface area contributed by atoms with E-state index in [9.17, 15) is 9.18 Å². The minimum absolute atomic E-state index is 0.132. The second-order valence-electron chi connectivity index (χ2n) is 10.9. The summed E-state index contributed by atoms with van der Waals surface area (Å²) >= 11 is 1.16. The fraction of sp³-hybridized carbons (Fsp3) is 0.464. The van der Waals surface area contributed by atoms with E-state index in [1.165, 1.54) is 6.07 Å². The lowest BCUT2D eigenvalue weighted by atomic mass is 9.73. The first-order valence-electron chi connectivity index (χ1n) is 11.4. The Balaban J connectivity index is 2.00. The van der Waals surface area contributed by atoms with Gasteiger partial charge in [-0.3, -0.25) is 9.93 Å². The molecule has 0 aromatic heterocycles. The van der Waals surface area contributed by atoms with E-state index in [1.54, 1.807) is 12.1 Å². The van der Waals surface area contributed by atoms with Crippen LogP contribution in [0.3, 0.4) is 0 Å². The Kier molecular flexibility index (Phi) is 9.22. The number of benzene rings is 2. The molecule has 2 rings (SSSR count). The molecule has 184 valence electrons. The summed E-state index contributed by atoms with van der Waals surface area (Å²) < 4.78 is 25.7. The maximum absolute atomic E-state index is 14.3. The lowest BCUT2D eigenvalue weighted by molar-refractivity contribution is -0.167. The Morgan fingerprint density at radius 3 is 2.21 bits per heavy atom. The molecule has 2 N–H and O–H groups in total. The zero-order valence-corrected chi connectivity index (χ0v) is 22.1. The highest BCUT2D eigenvalue weighted by Crippen LogP contribution is 2.38. The van der Waals surface area contributed by atoms with Crippen LogP contribution in [0.25, 0.3) is 0 Å². The van der Waals surface area contributed by atoms with Crippen molar-refractivity contribution in [2.75, 3.05) is 0 Å². The third-order valence-electron chi connectivity index (χ3n) is 5.16. The molecule has 0 radical (unpaired) electrons. The van der Waals surface area contributed by atoms with Crippen LogP contribution in [0.1, 0.15) is 73.3 Å². The van der Waals surface area contributed by atoms with Crippen LogP contribution in [0.4, 0.5) is 4.39 Å². The Bertz CT molecular complexity index is 1040. The maximum Gasteiger partial charge on any atom is 0.312 e. The number of rotatable bonds is 8. The van der Waals surface area contributed by atoms with Gasteiger partial charge in [-0.15, -0.1) is 0 Å². The maximum atomic E-state index is 14.3. The normalized spacial score (nSPS) is 12.0. The predicted molar refractivity (Wildman–Crippen MR) is 137 cm³/mol. The van der Waals surface area contributed by atoms with E-state index in [4.69, 9.17) is 14.6 Å². The monoisotopic (exact) mass is 485 g/mol. The summed E-state index contributed by atoms with van der Waals surface area (Å²) in [6.45, 7) is 13.7. The summed E-state index contributed by atoms with van der Waals surface area (Å²) in [5, 5.41) is 5.54. The number of nitrogens with two attached hydrogens (primary N) is 1. The average molecular weight is 486 g/mol. The van der Waals surface area contributed by atoms with Gasteiger partial charge in [0.1, 0.15) is 22.9 Å². The number of carbonyl (C=O) groups excluding carboxylic acids is 1. The first-order chi connectivity index (χ1) is 15.7. The molecule has 4 nitrogen and oxygen atoms in total. The van der Waals surface area contributed by atoms with Crippen LogP contribution in [-0.4, -0.2) is 11.6 Å². The molecule has 0 spiro atoms. The van der Waals surface area contributed by atoms with E-state index in [1.807, 2.05) is 58.9 Å². The average Bonchev–Trinajstić information content (AvgIpc) is 2.72. The van der Waals surface area contributed by atoms with Crippen molar-refractivity contribution in [2.24, 2.45) is 16.0 Å². The first-order valence-corrected chi connectivity index (χ1v) is 12.3. The van der Waals surface area contributed by atoms with Crippen LogP contribution >= 0.6 is 11.9 Å². The van der Waals surface area contributed by atoms with Crippen LogP contribution in [-0.2, 0) is 9.53 Å². The van der Waals surface area contributed by atoms with E-state index < -0.39 is 11.0 Å². The van der Waals surface area contributed by atoms with E-state index >= 15 is 0 Å². The minimum atomic E-state index is -0.608. The van der Waals surface area contributed by atoms with Crippen molar-refractivity contribution >= 4 is 17.9 Å². The molecule has 0 saturated heterocycles. The Morgan fingerprint density at radius 1 is 1.00 bits per heavy atom. The Morgan fingerprint density at radius 2 is 1.62 bits per heavy atom. The van der Waals surface area contributed by atoms with E-state index in [0.29, 0.717) is 29.9 Å². The molecule has 0 bridgehead atoms. The third kappa shape index (κ3) is 9.04. The molecular formula is C28H36FNO3S. The van der Waals surface area contributed by atoms with Gasteiger partial charge in [0.25, 0.3) is 0 Å². The van der Waals surface area contributed by atoms with Crippen LogP contribution in [0.15, 0.2) is 47.4 Å². The zero-order chi connectivity index (χ0) is 25.6. The second kappa shape index (κ2) is 11.3. The Labute approximate surface area is 207 Å². The van der Waals surface area contributed by atoms with Crippen LogP contribution in [0.5, 0.6) is 11.5 Å². The number of halogens is 1. The topological polar surface area (TPSA) is 61.5 Å². The minimum Gasteiger partial charge on any atom is -0.460 e. The number of esters is 1. The number of hydrogen-bond acceptors (Lipinski definition) is 5.